The first-order valence-electron chi connectivity index (χ1n) is 3.49. The zero-order chi connectivity index (χ0) is 11.7. The van der Waals surface area contributed by atoms with Crippen molar-refractivity contribution in [2.24, 2.45) is 0 Å². The molecular formula is C6H4ClF3N2O2S. The Morgan fingerprint density at radius 2 is 1.87 bits per heavy atom. The predicted octanol–water partition coefficient (Wildman–Crippen LogP) is 1.56. The molecule has 1 aromatic rings. The van der Waals surface area contributed by atoms with Gasteiger partial charge in [-0.05, 0) is 0 Å². The third kappa shape index (κ3) is 4.00. The van der Waals surface area contributed by atoms with E-state index in [9.17, 15) is 21.6 Å². The lowest BCUT2D eigenvalue weighted by Gasteiger charge is -2.04. The van der Waals surface area contributed by atoms with Crippen molar-refractivity contribution in [2.45, 2.75) is 11.9 Å². The van der Waals surface area contributed by atoms with Crippen molar-refractivity contribution >= 4 is 19.7 Å². The predicted molar refractivity (Wildman–Crippen MR) is 45.5 cm³/mol. The molecule has 15 heavy (non-hydrogen) atoms. The van der Waals surface area contributed by atoms with E-state index in [1.165, 1.54) is 0 Å². The minimum Gasteiger partial charge on any atom is -0.256 e. The fraction of sp³-hybridized carbons (Fsp3) is 0.333. The maximum Gasteiger partial charge on any atom is 0.434 e. The van der Waals surface area contributed by atoms with E-state index in [2.05, 4.69) is 9.97 Å². The Balaban J connectivity index is 2.91. The summed E-state index contributed by atoms with van der Waals surface area (Å²) in [5.41, 5.74) is -1.32. The molecule has 0 N–H and O–H groups in total. The summed E-state index contributed by atoms with van der Waals surface area (Å²) >= 11 is 0. The number of halogens is 4. The van der Waals surface area contributed by atoms with Crippen LogP contribution in [0.3, 0.4) is 0 Å². The number of hydrogen-bond acceptors (Lipinski definition) is 4. The molecule has 1 aromatic heterocycles. The van der Waals surface area contributed by atoms with Gasteiger partial charge in [-0.25, -0.2) is 13.4 Å². The lowest BCUT2D eigenvalue weighted by molar-refractivity contribution is -0.141. The molecule has 0 bridgehead atoms. The number of hydrogen-bond donors (Lipinski definition) is 0. The summed E-state index contributed by atoms with van der Waals surface area (Å²) in [6.45, 7) is 0. The molecule has 4 nitrogen and oxygen atoms in total. The van der Waals surface area contributed by atoms with Gasteiger partial charge < -0.3 is 0 Å². The maximum atomic E-state index is 12.0. The van der Waals surface area contributed by atoms with E-state index in [-0.39, 0.29) is 5.69 Å². The van der Waals surface area contributed by atoms with Crippen molar-refractivity contribution in [3.8, 4) is 0 Å². The third-order valence-corrected chi connectivity index (χ3v) is 2.28. The Hall–Kier alpha value is -0.890. The second-order valence-electron chi connectivity index (χ2n) is 2.57. The maximum absolute atomic E-state index is 12.0. The highest BCUT2D eigenvalue weighted by molar-refractivity contribution is 8.13. The van der Waals surface area contributed by atoms with Crippen LogP contribution in [0, 0.1) is 0 Å². The van der Waals surface area contributed by atoms with Gasteiger partial charge >= 0.3 is 6.18 Å². The van der Waals surface area contributed by atoms with Gasteiger partial charge in [-0.15, -0.1) is 0 Å². The Kier molecular flexibility index (Phi) is 3.19. The number of nitrogens with zero attached hydrogens (tertiary/aromatic N) is 2. The first-order chi connectivity index (χ1) is 6.68. The second kappa shape index (κ2) is 3.93. The zero-order valence-electron chi connectivity index (χ0n) is 6.99. The van der Waals surface area contributed by atoms with E-state index in [0.717, 1.165) is 6.20 Å². The Morgan fingerprint density at radius 1 is 1.27 bits per heavy atom. The molecule has 0 unspecified atom stereocenters. The van der Waals surface area contributed by atoms with Gasteiger partial charge in [0.2, 0.25) is 9.05 Å². The molecule has 9 heteroatoms. The lowest BCUT2D eigenvalue weighted by Crippen LogP contribution is -2.09. The molecule has 0 aliphatic heterocycles. The normalized spacial score (nSPS) is 12.8. The molecular weight excluding hydrogens is 257 g/mol. The third-order valence-electron chi connectivity index (χ3n) is 1.32. The Labute approximate surface area is 87.5 Å². The smallest absolute Gasteiger partial charge is 0.256 e. The Morgan fingerprint density at radius 3 is 2.20 bits per heavy atom. The summed E-state index contributed by atoms with van der Waals surface area (Å²) in [6, 6.07) is 0. The highest BCUT2D eigenvalue weighted by Gasteiger charge is 2.32. The van der Waals surface area contributed by atoms with E-state index in [1.807, 2.05) is 0 Å². The average molecular weight is 261 g/mol. The molecule has 0 radical (unpaired) electrons. The van der Waals surface area contributed by atoms with E-state index >= 15 is 0 Å². The number of aromatic nitrogens is 2. The van der Waals surface area contributed by atoms with Crippen LogP contribution in [-0.2, 0) is 21.0 Å². The summed E-state index contributed by atoms with van der Waals surface area (Å²) in [5, 5.41) is 0. The van der Waals surface area contributed by atoms with Crippen molar-refractivity contribution < 1.29 is 21.6 Å². The molecule has 0 spiro atoms. The second-order valence-corrected chi connectivity index (χ2v) is 5.35. The monoisotopic (exact) mass is 260 g/mol. The van der Waals surface area contributed by atoms with E-state index in [0.29, 0.717) is 6.20 Å². The standard InChI is InChI=1S/C6H4ClF3N2O2S/c7-15(13,14)3-4-1-12-5(2-11-4)6(8,9)10/h1-2H,3H2. The van der Waals surface area contributed by atoms with Gasteiger partial charge in [-0.1, -0.05) is 0 Å². The van der Waals surface area contributed by atoms with Crippen molar-refractivity contribution in [1.29, 1.82) is 0 Å². The molecule has 0 aromatic carbocycles. The van der Waals surface area contributed by atoms with Gasteiger partial charge in [0.25, 0.3) is 0 Å². The Bertz CT molecular complexity index is 442. The molecule has 0 aliphatic rings. The van der Waals surface area contributed by atoms with Gasteiger partial charge in [0, 0.05) is 10.7 Å². The number of alkyl halides is 3. The summed E-state index contributed by atoms with van der Waals surface area (Å²) in [4.78, 5) is 6.31. The van der Waals surface area contributed by atoms with Crippen molar-refractivity contribution in [3.63, 3.8) is 0 Å². The first kappa shape index (κ1) is 12.2. The molecule has 0 saturated carbocycles. The fourth-order valence-electron chi connectivity index (χ4n) is 0.752. The SMILES string of the molecule is O=S(=O)(Cl)Cc1cnc(C(F)(F)F)cn1. The van der Waals surface area contributed by atoms with E-state index in [1.54, 1.807) is 0 Å². The summed E-state index contributed by atoms with van der Waals surface area (Å²) in [7, 11) is 1.04. The first-order valence-corrected chi connectivity index (χ1v) is 5.97. The zero-order valence-corrected chi connectivity index (χ0v) is 8.57. The van der Waals surface area contributed by atoms with Gasteiger partial charge in [0.1, 0.15) is 5.75 Å². The summed E-state index contributed by atoms with van der Waals surface area (Å²) in [6.07, 6.45) is -3.41. The molecule has 0 atom stereocenters. The van der Waals surface area contributed by atoms with Crippen LogP contribution in [0.1, 0.15) is 11.4 Å². The van der Waals surface area contributed by atoms with Crippen LogP contribution in [0.5, 0.6) is 0 Å². The summed E-state index contributed by atoms with van der Waals surface area (Å²) in [5.74, 6) is -0.653. The molecule has 0 fully saturated rings. The highest BCUT2D eigenvalue weighted by atomic mass is 35.7. The minimum absolute atomic E-state index is 0.141. The van der Waals surface area contributed by atoms with E-state index < -0.39 is 26.7 Å². The lowest BCUT2D eigenvalue weighted by atomic mass is 10.4. The molecule has 84 valence electrons. The fourth-order valence-corrected chi connectivity index (χ4v) is 1.59. The van der Waals surface area contributed by atoms with Crippen LogP contribution in [0.25, 0.3) is 0 Å². The van der Waals surface area contributed by atoms with E-state index in [4.69, 9.17) is 10.7 Å². The van der Waals surface area contributed by atoms with Crippen molar-refractivity contribution in [3.05, 3.63) is 23.8 Å². The average Bonchev–Trinajstić information content (AvgIpc) is 2.00. The van der Waals surface area contributed by atoms with Crippen LogP contribution < -0.4 is 0 Å². The molecule has 0 saturated heterocycles. The molecule has 1 heterocycles. The molecule has 0 aliphatic carbocycles. The topological polar surface area (TPSA) is 59.9 Å². The summed E-state index contributed by atoms with van der Waals surface area (Å²) < 4.78 is 57.1. The van der Waals surface area contributed by atoms with Crippen molar-refractivity contribution in [1.82, 2.24) is 9.97 Å². The van der Waals surface area contributed by atoms with Gasteiger partial charge in [0.15, 0.2) is 5.69 Å². The molecule has 0 amide bonds. The van der Waals surface area contributed by atoms with Gasteiger partial charge in [-0.2, -0.15) is 13.2 Å². The quantitative estimate of drug-likeness (QED) is 0.757. The van der Waals surface area contributed by atoms with Crippen LogP contribution >= 0.6 is 10.7 Å². The van der Waals surface area contributed by atoms with Crippen LogP contribution in [0.15, 0.2) is 12.4 Å². The van der Waals surface area contributed by atoms with Crippen LogP contribution in [-0.4, -0.2) is 18.4 Å². The van der Waals surface area contributed by atoms with Crippen LogP contribution in [0.2, 0.25) is 0 Å². The number of rotatable bonds is 2. The van der Waals surface area contributed by atoms with Gasteiger partial charge in [0.05, 0.1) is 18.1 Å². The van der Waals surface area contributed by atoms with Gasteiger partial charge in [-0.3, -0.25) is 4.98 Å². The highest BCUT2D eigenvalue weighted by Crippen LogP contribution is 2.26. The largest absolute Gasteiger partial charge is 0.434 e. The van der Waals surface area contributed by atoms with Crippen LogP contribution in [0.4, 0.5) is 13.2 Å². The minimum atomic E-state index is -4.59. The van der Waals surface area contributed by atoms with Crippen molar-refractivity contribution in [2.75, 3.05) is 0 Å². The molecule has 1 rings (SSSR count).